The van der Waals surface area contributed by atoms with E-state index in [0.717, 1.165) is 23.3 Å². The van der Waals surface area contributed by atoms with E-state index in [4.69, 9.17) is 5.11 Å². The summed E-state index contributed by atoms with van der Waals surface area (Å²) in [5.74, 6) is 5.78. The molecule has 1 heterocycles. The first-order valence-electron chi connectivity index (χ1n) is 5.78. The molecular weight excluding hydrogens is 270 g/mol. The second-order valence-electron chi connectivity index (χ2n) is 4.10. The van der Waals surface area contributed by atoms with Gasteiger partial charge in [0, 0.05) is 23.4 Å². The molecule has 18 heavy (non-hydrogen) atoms. The highest BCUT2D eigenvalue weighted by molar-refractivity contribution is 7.90. The largest absolute Gasteiger partial charge is 0.395 e. The van der Waals surface area contributed by atoms with Crippen molar-refractivity contribution >= 4 is 21.4 Å². The molecule has 4 nitrogen and oxygen atoms in total. The van der Waals surface area contributed by atoms with Gasteiger partial charge >= 0.3 is 0 Å². The Morgan fingerprint density at radius 2 is 2.28 bits per heavy atom. The molecule has 0 bridgehead atoms. The van der Waals surface area contributed by atoms with Gasteiger partial charge in [-0.3, -0.25) is 0 Å². The van der Waals surface area contributed by atoms with Crippen molar-refractivity contribution in [1.29, 1.82) is 0 Å². The lowest BCUT2D eigenvalue weighted by Crippen LogP contribution is -2.26. The Morgan fingerprint density at radius 3 is 2.94 bits per heavy atom. The van der Waals surface area contributed by atoms with Crippen molar-refractivity contribution in [3.8, 4) is 11.8 Å². The van der Waals surface area contributed by atoms with Gasteiger partial charge in [-0.05, 0) is 24.3 Å². The molecule has 1 aromatic heterocycles. The normalized spacial score (nSPS) is 15.2. The number of aliphatic hydroxyl groups excluding tert-OH is 1. The standard InChI is InChI=1S/C12H15NO3S2/c14-7-2-1-3-10-6-8-17-12(10)9-13-18(15,16)11-4-5-11/h6,8,11,13-14H,2,4-5,7,9H2. The highest BCUT2D eigenvalue weighted by atomic mass is 32.2. The zero-order valence-electron chi connectivity index (χ0n) is 9.85. The third-order valence-corrected chi connectivity index (χ3v) is 5.42. The molecule has 0 unspecified atom stereocenters. The van der Waals surface area contributed by atoms with Crippen LogP contribution < -0.4 is 4.72 Å². The second kappa shape index (κ2) is 5.85. The van der Waals surface area contributed by atoms with Gasteiger partial charge in [0.25, 0.3) is 0 Å². The van der Waals surface area contributed by atoms with E-state index < -0.39 is 10.0 Å². The van der Waals surface area contributed by atoms with Gasteiger partial charge < -0.3 is 5.11 Å². The maximum atomic E-state index is 11.7. The van der Waals surface area contributed by atoms with Crippen molar-refractivity contribution in [2.45, 2.75) is 31.1 Å². The summed E-state index contributed by atoms with van der Waals surface area (Å²) in [4.78, 5) is 0.921. The number of nitrogens with one attached hydrogen (secondary N) is 1. The van der Waals surface area contributed by atoms with E-state index in [-0.39, 0.29) is 11.9 Å². The molecule has 0 radical (unpaired) electrons. The summed E-state index contributed by atoms with van der Waals surface area (Å²) in [7, 11) is -3.14. The molecule has 6 heteroatoms. The Bertz CT molecular complexity index is 562. The molecule has 1 saturated carbocycles. The molecule has 0 atom stereocenters. The van der Waals surface area contributed by atoms with Gasteiger partial charge in [-0.2, -0.15) is 0 Å². The predicted molar refractivity (Wildman–Crippen MR) is 71.7 cm³/mol. The smallest absolute Gasteiger partial charge is 0.214 e. The van der Waals surface area contributed by atoms with Crippen LogP contribution in [-0.4, -0.2) is 25.4 Å². The van der Waals surface area contributed by atoms with E-state index in [0.29, 0.717) is 13.0 Å². The fraction of sp³-hybridized carbons (Fsp3) is 0.500. The SMILES string of the molecule is O=S(=O)(NCc1sccc1C#CCCO)C1CC1. The topological polar surface area (TPSA) is 66.4 Å². The molecule has 0 saturated heterocycles. The number of aliphatic hydroxyl groups is 1. The third kappa shape index (κ3) is 3.56. The minimum absolute atomic E-state index is 0.0424. The predicted octanol–water partition coefficient (Wildman–Crippen LogP) is 1.06. The lowest BCUT2D eigenvalue weighted by Gasteiger charge is -2.03. The van der Waals surface area contributed by atoms with E-state index in [1.54, 1.807) is 0 Å². The Hall–Kier alpha value is -0.870. The summed E-state index contributed by atoms with van der Waals surface area (Å²) >= 11 is 1.49. The molecule has 1 aliphatic rings. The number of hydrogen-bond donors (Lipinski definition) is 2. The first kappa shape index (κ1) is 13.6. The Balaban J connectivity index is 1.98. The van der Waals surface area contributed by atoms with Crippen molar-refractivity contribution in [3.05, 3.63) is 21.9 Å². The maximum Gasteiger partial charge on any atom is 0.214 e. The average Bonchev–Trinajstić information content (AvgIpc) is 3.10. The number of hydrogen-bond acceptors (Lipinski definition) is 4. The van der Waals surface area contributed by atoms with Crippen LogP contribution in [0.3, 0.4) is 0 Å². The quantitative estimate of drug-likeness (QED) is 0.795. The summed E-state index contributed by atoms with van der Waals surface area (Å²) in [5, 5.41) is 10.4. The molecule has 0 aromatic carbocycles. The summed E-state index contributed by atoms with van der Waals surface area (Å²) in [6, 6.07) is 1.87. The maximum absolute atomic E-state index is 11.7. The lowest BCUT2D eigenvalue weighted by atomic mass is 10.2. The van der Waals surface area contributed by atoms with Crippen LogP contribution in [0, 0.1) is 11.8 Å². The van der Waals surface area contributed by atoms with Crippen LogP contribution in [0.25, 0.3) is 0 Å². The van der Waals surface area contributed by atoms with Gasteiger partial charge in [-0.25, -0.2) is 13.1 Å². The van der Waals surface area contributed by atoms with Crippen LogP contribution in [0.15, 0.2) is 11.4 Å². The monoisotopic (exact) mass is 285 g/mol. The van der Waals surface area contributed by atoms with Crippen LogP contribution in [-0.2, 0) is 16.6 Å². The fourth-order valence-electron chi connectivity index (χ4n) is 1.46. The fourth-order valence-corrected chi connectivity index (χ4v) is 3.66. The molecule has 0 spiro atoms. The average molecular weight is 285 g/mol. The van der Waals surface area contributed by atoms with E-state index in [1.807, 2.05) is 11.4 Å². The number of thiophene rings is 1. The van der Waals surface area contributed by atoms with Gasteiger partial charge in [-0.15, -0.1) is 11.3 Å². The van der Waals surface area contributed by atoms with Gasteiger partial charge in [0.1, 0.15) is 0 Å². The first-order valence-corrected chi connectivity index (χ1v) is 8.20. The Labute approximate surface area is 111 Å². The van der Waals surface area contributed by atoms with Crippen LogP contribution in [0.5, 0.6) is 0 Å². The van der Waals surface area contributed by atoms with E-state index in [2.05, 4.69) is 16.6 Å². The third-order valence-electron chi connectivity index (χ3n) is 2.60. The molecule has 0 aliphatic heterocycles. The van der Waals surface area contributed by atoms with Crippen molar-refractivity contribution in [1.82, 2.24) is 4.72 Å². The molecule has 98 valence electrons. The second-order valence-corrected chi connectivity index (χ2v) is 7.14. The summed E-state index contributed by atoms with van der Waals surface area (Å²) in [5.41, 5.74) is 0.840. The minimum Gasteiger partial charge on any atom is -0.395 e. The molecular formula is C12H15NO3S2. The zero-order chi connectivity index (χ0) is 13.0. The van der Waals surface area contributed by atoms with Crippen LogP contribution in [0.4, 0.5) is 0 Å². The van der Waals surface area contributed by atoms with Crippen molar-refractivity contribution < 1.29 is 13.5 Å². The van der Waals surface area contributed by atoms with Crippen LogP contribution >= 0.6 is 11.3 Å². The molecule has 2 N–H and O–H groups in total. The molecule has 2 rings (SSSR count). The van der Waals surface area contributed by atoms with Gasteiger partial charge in [0.05, 0.1) is 11.9 Å². The summed E-state index contributed by atoms with van der Waals surface area (Å²) < 4.78 is 26.0. The Kier molecular flexibility index (Phi) is 4.40. The van der Waals surface area contributed by atoms with Crippen molar-refractivity contribution in [2.24, 2.45) is 0 Å². The lowest BCUT2D eigenvalue weighted by molar-refractivity contribution is 0.305. The van der Waals surface area contributed by atoms with Crippen LogP contribution in [0.1, 0.15) is 29.7 Å². The Morgan fingerprint density at radius 1 is 1.50 bits per heavy atom. The molecule has 1 aliphatic carbocycles. The highest BCUT2D eigenvalue weighted by Gasteiger charge is 2.35. The highest BCUT2D eigenvalue weighted by Crippen LogP contribution is 2.28. The molecule has 1 aromatic rings. The van der Waals surface area contributed by atoms with E-state index in [9.17, 15) is 8.42 Å². The molecule has 0 amide bonds. The summed E-state index contributed by atoms with van der Waals surface area (Å²) in [6.45, 7) is 0.348. The van der Waals surface area contributed by atoms with Crippen molar-refractivity contribution in [2.75, 3.05) is 6.61 Å². The number of sulfonamides is 1. The van der Waals surface area contributed by atoms with Gasteiger partial charge in [0.2, 0.25) is 10.0 Å². The minimum atomic E-state index is -3.14. The molecule has 1 fully saturated rings. The van der Waals surface area contributed by atoms with E-state index >= 15 is 0 Å². The van der Waals surface area contributed by atoms with Gasteiger partial charge in [-0.1, -0.05) is 11.8 Å². The van der Waals surface area contributed by atoms with E-state index in [1.165, 1.54) is 11.3 Å². The van der Waals surface area contributed by atoms with Gasteiger partial charge in [0.15, 0.2) is 0 Å². The number of rotatable bonds is 5. The van der Waals surface area contributed by atoms with Crippen molar-refractivity contribution in [3.63, 3.8) is 0 Å². The summed E-state index contributed by atoms with van der Waals surface area (Å²) in [6.07, 6.45) is 1.97. The van der Waals surface area contributed by atoms with Crippen LogP contribution in [0.2, 0.25) is 0 Å². The zero-order valence-corrected chi connectivity index (χ0v) is 11.5. The first-order chi connectivity index (χ1) is 8.63.